The lowest BCUT2D eigenvalue weighted by Crippen LogP contribution is -2.15. The number of nitrogens with zero attached hydrogens (tertiary/aromatic N) is 2. The number of amides is 1. The molecule has 2 rings (SSSR count). The summed E-state index contributed by atoms with van der Waals surface area (Å²) in [6, 6.07) is 5.65. The number of fused-ring (bicyclic) bond motifs is 1. The summed E-state index contributed by atoms with van der Waals surface area (Å²) in [6.07, 6.45) is 4.44. The number of carbonyl (C=O) groups is 1. The quantitative estimate of drug-likeness (QED) is 0.801. The number of nitrogens with one attached hydrogen (secondary N) is 1. The molecule has 1 amide bonds. The Kier molecular flexibility index (Phi) is 2.86. The van der Waals surface area contributed by atoms with Crippen molar-refractivity contribution in [2.75, 3.05) is 11.9 Å². The fourth-order valence-corrected chi connectivity index (χ4v) is 1.30. The van der Waals surface area contributed by atoms with Gasteiger partial charge in [-0.2, -0.15) is 0 Å². The Morgan fingerprint density at radius 3 is 3.31 bits per heavy atom. The fourth-order valence-electron chi connectivity index (χ4n) is 1.30. The molecule has 2 heterocycles. The van der Waals surface area contributed by atoms with Crippen LogP contribution < -0.4 is 5.32 Å². The van der Waals surface area contributed by atoms with Gasteiger partial charge in [-0.25, -0.2) is 9.78 Å². The molecule has 0 aromatic carbocycles. The second-order valence-corrected chi connectivity index (χ2v) is 3.09. The van der Waals surface area contributed by atoms with Gasteiger partial charge < -0.3 is 4.74 Å². The van der Waals surface area contributed by atoms with E-state index in [-0.39, 0.29) is 6.61 Å². The van der Waals surface area contributed by atoms with E-state index in [1.54, 1.807) is 10.6 Å². The monoisotopic (exact) mass is 217 g/mol. The SMILES string of the molecule is C=CCOC(=O)Nc1ncc2ccccn12. The first-order valence-corrected chi connectivity index (χ1v) is 4.78. The highest BCUT2D eigenvalue weighted by Gasteiger charge is 2.07. The molecule has 0 bridgehead atoms. The van der Waals surface area contributed by atoms with Gasteiger partial charge in [-0.15, -0.1) is 0 Å². The van der Waals surface area contributed by atoms with E-state index in [4.69, 9.17) is 4.74 Å². The van der Waals surface area contributed by atoms with E-state index in [0.717, 1.165) is 5.52 Å². The first-order valence-electron chi connectivity index (χ1n) is 4.78. The molecule has 0 radical (unpaired) electrons. The topological polar surface area (TPSA) is 55.6 Å². The van der Waals surface area contributed by atoms with Crippen LogP contribution in [0.4, 0.5) is 10.7 Å². The lowest BCUT2D eigenvalue weighted by molar-refractivity contribution is 0.174. The molecular weight excluding hydrogens is 206 g/mol. The zero-order valence-electron chi connectivity index (χ0n) is 8.59. The molecule has 0 spiro atoms. The van der Waals surface area contributed by atoms with E-state index in [2.05, 4.69) is 16.9 Å². The average molecular weight is 217 g/mol. The molecule has 1 N–H and O–H groups in total. The van der Waals surface area contributed by atoms with Gasteiger partial charge in [0.1, 0.15) is 6.61 Å². The summed E-state index contributed by atoms with van der Waals surface area (Å²) in [6.45, 7) is 3.63. The van der Waals surface area contributed by atoms with Crippen LogP contribution in [0.3, 0.4) is 0 Å². The van der Waals surface area contributed by atoms with Gasteiger partial charge in [0, 0.05) is 6.20 Å². The lowest BCUT2D eigenvalue weighted by atomic mass is 10.4. The zero-order chi connectivity index (χ0) is 11.4. The van der Waals surface area contributed by atoms with Crippen LogP contribution in [-0.2, 0) is 4.74 Å². The second kappa shape index (κ2) is 4.48. The Morgan fingerprint density at radius 2 is 2.50 bits per heavy atom. The molecule has 0 aliphatic rings. The Balaban J connectivity index is 2.15. The van der Waals surface area contributed by atoms with Crippen molar-refractivity contribution < 1.29 is 9.53 Å². The molecule has 2 aromatic heterocycles. The summed E-state index contributed by atoms with van der Waals surface area (Å²) in [7, 11) is 0. The van der Waals surface area contributed by atoms with Crippen molar-refractivity contribution in [3.8, 4) is 0 Å². The summed E-state index contributed by atoms with van der Waals surface area (Å²) < 4.78 is 6.55. The number of pyridine rings is 1. The van der Waals surface area contributed by atoms with E-state index < -0.39 is 6.09 Å². The largest absolute Gasteiger partial charge is 0.445 e. The summed E-state index contributed by atoms with van der Waals surface area (Å²) in [5.74, 6) is 0.435. The number of imidazole rings is 1. The summed E-state index contributed by atoms with van der Waals surface area (Å²) in [4.78, 5) is 15.3. The van der Waals surface area contributed by atoms with Crippen molar-refractivity contribution in [1.29, 1.82) is 0 Å². The maximum Gasteiger partial charge on any atom is 0.414 e. The number of hydrogen-bond donors (Lipinski definition) is 1. The normalized spacial score (nSPS) is 10.0. The fraction of sp³-hybridized carbons (Fsp3) is 0.0909. The number of aromatic nitrogens is 2. The van der Waals surface area contributed by atoms with E-state index in [1.165, 1.54) is 6.08 Å². The standard InChI is InChI=1S/C11H11N3O2/c1-2-7-16-11(15)13-10-12-8-9-5-3-4-6-14(9)10/h2-6,8H,1,7H2,(H,12,13,15). The Hall–Kier alpha value is -2.30. The molecule has 0 atom stereocenters. The lowest BCUT2D eigenvalue weighted by Gasteiger charge is -2.03. The van der Waals surface area contributed by atoms with Gasteiger partial charge in [-0.05, 0) is 12.1 Å². The van der Waals surface area contributed by atoms with Gasteiger partial charge in [0.05, 0.1) is 11.7 Å². The zero-order valence-corrected chi connectivity index (χ0v) is 8.59. The molecule has 82 valence electrons. The molecule has 0 aliphatic carbocycles. The van der Waals surface area contributed by atoms with Gasteiger partial charge in [0.2, 0.25) is 5.95 Å². The van der Waals surface area contributed by atoms with Gasteiger partial charge in [-0.1, -0.05) is 18.7 Å². The average Bonchev–Trinajstić information content (AvgIpc) is 2.70. The third kappa shape index (κ3) is 2.03. The molecule has 0 fully saturated rings. The number of anilines is 1. The van der Waals surface area contributed by atoms with E-state index in [9.17, 15) is 4.79 Å². The minimum Gasteiger partial charge on any atom is -0.445 e. The van der Waals surface area contributed by atoms with Crippen molar-refractivity contribution in [3.63, 3.8) is 0 Å². The predicted molar refractivity (Wildman–Crippen MR) is 60.4 cm³/mol. The van der Waals surface area contributed by atoms with Crippen molar-refractivity contribution >= 4 is 17.6 Å². The van der Waals surface area contributed by atoms with Crippen LogP contribution in [0, 0.1) is 0 Å². The predicted octanol–water partition coefficient (Wildman–Crippen LogP) is 2.07. The van der Waals surface area contributed by atoms with Crippen LogP contribution in [0.15, 0.2) is 43.2 Å². The van der Waals surface area contributed by atoms with Crippen LogP contribution in [0.1, 0.15) is 0 Å². The van der Waals surface area contributed by atoms with Gasteiger partial charge in [-0.3, -0.25) is 9.72 Å². The first-order chi connectivity index (χ1) is 7.81. The highest BCUT2D eigenvalue weighted by Crippen LogP contribution is 2.10. The smallest absolute Gasteiger partial charge is 0.414 e. The number of carbonyl (C=O) groups excluding carboxylic acids is 1. The van der Waals surface area contributed by atoms with E-state index in [1.807, 2.05) is 24.4 Å². The van der Waals surface area contributed by atoms with Crippen LogP contribution in [-0.4, -0.2) is 22.1 Å². The summed E-state index contributed by atoms with van der Waals surface area (Å²) in [5, 5.41) is 2.54. The van der Waals surface area contributed by atoms with Gasteiger partial charge in [0.15, 0.2) is 0 Å². The first kappa shape index (κ1) is 10.2. The van der Waals surface area contributed by atoms with E-state index in [0.29, 0.717) is 5.95 Å². The molecule has 0 saturated heterocycles. The van der Waals surface area contributed by atoms with Crippen LogP contribution >= 0.6 is 0 Å². The highest BCUT2D eigenvalue weighted by atomic mass is 16.5. The molecular formula is C11H11N3O2. The third-order valence-electron chi connectivity index (χ3n) is 1.98. The molecule has 5 nitrogen and oxygen atoms in total. The van der Waals surface area contributed by atoms with Crippen molar-refractivity contribution in [2.45, 2.75) is 0 Å². The highest BCUT2D eigenvalue weighted by molar-refractivity contribution is 5.83. The van der Waals surface area contributed by atoms with Crippen LogP contribution in [0.5, 0.6) is 0 Å². The summed E-state index contributed by atoms with van der Waals surface area (Å²) in [5.41, 5.74) is 0.904. The van der Waals surface area contributed by atoms with Gasteiger partial charge >= 0.3 is 6.09 Å². The van der Waals surface area contributed by atoms with E-state index >= 15 is 0 Å². The number of rotatable bonds is 3. The minimum absolute atomic E-state index is 0.176. The molecule has 16 heavy (non-hydrogen) atoms. The van der Waals surface area contributed by atoms with Gasteiger partial charge in [0.25, 0.3) is 0 Å². The Labute approximate surface area is 92.4 Å². The number of ether oxygens (including phenoxy) is 1. The van der Waals surface area contributed by atoms with Crippen molar-refractivity contribution in [3.05, 3.63) is 43.2 Å². The maximum atomic E-state index is 11.3. The summed E-state index contributed by atoms with van der Waals surface area (Å²) >= 11 is 0. The van der Waals surface area contributed by atoms with Crippen LogP contribution in [0.2, 0.25) is 0 Å². The molecule has 0 unspecified atom stereocenters. The Bertz CT molecular complexity index is 519. The Morgan fingerprint density at radius 1 is 1.62 bits per heavy atom. The van der Waals surface area contributed by atoms with Crippen molar-refractivity contribution in [1.82, 2.24) is 9.38 Å². The second-order valence-electron chi connectivity index (χ2n) is 3.09. The maximum absolute atomic E-state index is 11.3. The molecule has 2 aromatic rings. The minimum atomic E-state index is -0.545. The number of hydrogen-bond acceptors (Lipinski definition) is 3. The molecule has 5 heteroatoms. The third-order valence-corrected chi connectivity index (χ3v) is 1.98. The molecule has 0 aliphatic heterocycles. The van der Waals surface area contributed by atoms with Crippen molar-refractivity contribution in [2.24, 2.45) is 0 Å². The van der Waals surface area contributed by atoms with Crippen LogP contribution in [0.25, 0.3) is 5.52 Å². The molecule has 0 saturated carbocycles.